The standard InChI is InChI=1S/C20H23N3/c1-16-22-18-11-8-14-21-19(18)23(16)15-20(12-6-3-7-13-20)17-9-4-2-5-10-17/h2,4-5,8-11,14H,3,6-7,12-13,15H2,1H3. The highest BCUT2D eigenvalue weighted by molar-refractivity contribution is 5.71. The summed E-state index contributed by atoms with van der Waals surface area (Å²) in [5.74, 6) is 1.07. The van der Waals surface area contributed by atoms with Crippen molar-refractivity contribution >= 4 is 11.2 Å². The van der Waals surface area contributed by atoms with Gasteiger partial charge in [-0.1, -0.05) is 49.6 Å². The zero-order chi connectivity index (χ0) is 15.7. The van der Waals surface area contributed by atoms with E-state index in [0.717, 1.165) is 23.5 Å². The molecule has 2 aromatic heterocycles. The molecule has 118 valence electrons. The predicted molar refractivity (Wildman–Crippen MR) is 93.5 cm³/mol. The van der Waals surface area contributed by atoms with Gasteiger partial charge in [0.25, 0.3) is 0 Å². The number of fused-ring (bicyclic) bond motifs is 1. The first-order valence-corrected chi connectivity index (χ1v) is 8.62. The van der Waals surface area contributed by atoms with E-state index in [2.05, 4.69) is 52.9 Å². The minimum absolute atomic E-state index is 0.218. The van der Waals surface area contributed by atoms with Crippen molar-refractivity contribution in [3.8, 4) is 0 Å². The molecule has 0 unspecified atom stereocenters. The van der Waals surface area contributed by atoms with Crippen LogP contribution in [0.15, 0.2) is 48.7 Å². The Morgan fingerprint density at radius 2 is 1.78 bits per heavy atom. The summed E-state index contributed by atoms with van der Waals surface area (Å²) >= 11 is 0. The first-order chi connectivity index (χ1) is 11.3. The Morgan fingerprint density at radius 3 is 2.57 bits per heavy atom. The fourth-order valence-corrected chi connectivity index (χ4v) is 4.12. The van der Waals surface area contributed by atoms with Crippen LogP contribution in [0.2, 0.25) is 0 Å². The summed E-state index contributed by atoms with van der Waals surface area (Å²) in [5, 5.41) is 0. The van der Waals surface area contributed by atoms with Crippen LogP contribution >= 0.6 is 0 Å². The molecule has 4 rings (SSSR count). The molecule has 0 bridgehead atoms. The van der Waals surface area contributed by atoms with Gasteiger partial charge in [-0.25, -0.2) is 9.97 Å². The van der Waals surface area contributed by atoms with Gasteiger partial charge in [0.1, 0.15) is 11.3 Å². The maximum absolute atomic E-state index is 4.70. The van der Waals surface area contributed by atoms with Crippen molar-refractivity contribution in [1.82, 2.24) is 14.5 Å². The minimum Gasteiger partial charge on any atom is -0.312 e. The van der Waals surface area contributed by atoms with E-state index in [-0.39, 0.29) is 5.41 Å². The lowest BCUT2D eigenvalue weighted by molar-refractivity contribution is 0.256. The Bertz CT molecular complexity index is 798. The highest BCUT2D eigenvalue weighted by Gasteiger charge is 2.35. The van der Waals surface area contributed by atoms with Crippen LogP contribution in [0.5, 0.6) is 0 Å². The molecular formula is C20H23N3. The Balaban J connectivity index is 1.80. The maximum Gasteiger partial charge on any atom is 0.160 e. The van der Waals surface area contributed by atoms with Crippen molar-refractivity contribution in [1.29, 1.82) is 0 Å². The largest absolute Gasteiger partial charge is 0.312 e. The summed E-state index contributed by atoms with van der Waals surface area (Å²) in [5.41, 5.74) is 3.71. The molecule has 3 aromatic rings. The number of aromatic nitrogens is 3. The van der Waals surface area contributed by atoms with Gasteiger partial charge in [0.2, 0.25) is 0 Å². The smallest absolute Gasteiger partial charge is 0.160 e. The van der Waals surface area contributed by atoms with Crippen molar-refractivity contribution in [2.24, 2.45) is 0 Å². The fraction of sp³-hybridized carbons (Fsp3) is 0.400. The summed E-state index contributed by atoms with van der Waals surface area (Å²) in [6, 6.07) is 15.1. The van der Waals surface area contributed by atoms with Crippen molar-refractivity contribution in [2.45, 2.75) is 51.0 Å². The molecule has 23 heavy (non-hydrogen) atoms. The van der Waals surface area contributed by atoms with E-state index >= 15 is 0 Å². The number of aryl methyl sites for hydroxylation is 1. The first-order valence-electron chi connectivity index (χ1n) is 8.62. The van der Waals surface area contributed by atoms with E-state index in [1.807, 2.05) is 12.3 Å². The van der Waals surface area contributed by atoms with Crippen LogP contribution in [-0.4, -0.2) is 14.5 Å². The molecule has 1 aliphatic rings. The molecule has 2 heterocycles. The first kappa shape index (κ1) is 14.4. The van der Waals surface area contributed by atoms with Crippen LogP contribution in [0.25, 0.3) is 11.2 Å². The Kier molecular flexibility index (Phi) is 3.64. The Hall–Kier alpha value is -2.16. The van der Waals surface area contributed by atoms with Gasteiger partial charge in [-0.3, -0.25) is 0 Å². The normalized spacial score (nSPS) is 17.4. The molecular weight excluding hydrogens is 282 g/mol. The predicted octanol–water partition coefficient (Wildman–Crippen LogP) is 4.64. The quantitative estimate of drug-likeness (QED) is 0.705. The van der Waals surface area contributed by atoms with Crippen LogP contribution in [0.3, 0.4) is 0 Å². The Labute approximate surface area is 137 Å². The SMILES string of the molecule is Cc1nc2cccnc2n1CC1(c2ccccc2)CCCCC1. The molecule has 3 heteroatoms. The zero-order valence-electron chi connectivity index (χ0n) is 13.7. The number of benzene rings is 1. The zero-order valence-corrected chi connectivity index (χ0v) is 13.7. The van der Waals surface area contributed by atoms with E-state index in [1.54, 1.807) is 0 Å². The third-order valence-corrected chi connectivity index (χ3v) is 5.35. The minimum atomic E-state index is 0.218. The second-order valence-electron chi connectivity index (χ2n) is 6.80. The summed E-state index contributed by atoms with van der Waals surface area (Å²) < 4.78 is 2.33. The van der Waals surface area contributed by atoms with Gasteiger partial charge in [-0.2, -0.15) is 0 Å². The molecule has 1 aliphatic carbocycles. The van der Waals surface area contributed by atoms with Crippen molar-refractivity contribution in [2.75, 3.05) is 0 Å². The number of nitrogens with zero attached hydrogens (tertiary/aromatic N) is 3. The van der Waals surface area contributed by atoms with Crippen molar-refractivity contribution in [3.63, 3.8) is 0 Å². The van der Waals surface area contributed by atoms with Crippen LogP contribution in [-0.2, 0) is 12.0 Å². The number of imidazole rings is 1. The third-order valence-electron chi connectivity index (χ3n) is 5.35. The average molecular weight is 305 g/mol. The molecule has 0 atom stereocenters. The van der Waals surface area contributed by atoms with Crippen molar-refractivity contribution in [3.05, 3.63) is 60.0 Å². The lowest BCUT2D eigenvalue weighted by atomic mass is 9.69. The van der Waals surface area contributed by atoms with Gasteiger partial charge < -0.3 is 4.57 Å². The lowest BCUT2D eigenvalue weighted by Gasteiger charge is -2.38. The van der Waals surface area contributed by atoms with E-state index in [9.17, 15) is 0 Å². The lowest BCUT2D eigenvalue weighted by Crippen LogP contribution is -2.34. The number of pyridine rings is 1. The van der Waals surface area contributed by atoms with Crippen LogP contribution < -0.4 is 0 Å². The molecule has 1 saturated carbocycles. The van der Waals surface area contributed by atoms with Gasteiger partial charge in [0.05, 0.1) is 0 Å². The molecule has 1 fully saturated rings. The molecule has 3 nitrogen and oxygen atoms in total. The number of rotatable bonds is 3. The van der Waals surface area contributed by atoms with E-state index in [4.69, 9.17) is 4.98 Å². The molecule has 0 radical (unpaired) electrons. The van der Waals surface area contributed by atoms with Crippen molar-refractivity contribution < 1.29 is 0 Å². The van der Waals surface area contributed by atoms with Gasteiger partial charge >= 0.3 is 0 Å². The topological polar surface area (TPSA) is 30.7 Å². The number of hydrogen-bond acceptors (Lipinski definition) is 2. The molecule has 0 amide bonds. The van der Waals surface area contributed by atoms with Crippen LogP contribution in [0, 0.1) is 6.92 Å². The highest BCUT2D eigenvalue weighted by atomic mass is 15.1. The summed E-state index contributed by atoms with van der Waals surface area (Å²) in [4.78, 5) is 9.30. The van der Waals surface area contributed by atoms with Crippen LogP contribution in [0.1, 0.15) is 43.5 Å². The van der Waals surface area contributed by atoms with E-state index in [0.29, 0.717) is 0 Å². The highest BCUT2D eigenvalue weighted by Crippen LogP contribution is 2.41. The molecule has 1 aromatic carbocycles. The van der Waals surface area contributed by atoms with Gasteiger partial charge in [-0.15, -0.1) is 0 Å². The molecule has 0 N–H and O–H groups in total. The average Bonchev–Trinajstić information content (AvgIpc) is 2.92. The van der Waals surface area contributed by atoms with Gasteiger partial charge in [-0.05, 0) is 37.5 Å². The van der Waals surface area contributed by atoms with Crippen LogP contribution in [0.4, 0.5) is 0 Å². The summed E-state index contributed by atoms with van der Waals surface area (Å²) in [6.07, 6.45) is 8.36. The Morgan fingerprint density at radius 1 is 1.00 bits per heavy atom. The number of hydrogen-bond donors (Lipinski definition) is 0. The second kappa shape index (κ2) is 5.80. The third kappa shape index (κ3) is 2.54. The van der Waals surface area contributed by atoms with Gasteiger partial charge in [0, 0.05) is 18.2 Å². The summed E-state index contributed by atoms with van der Waals surface area (Å²) in [7, 11) is 0. The second-order valence-corrected chi connectivity index (χ2v) is 6.80. The monoisotopic (exact) mass is 305 g/mol. The maximum atomic E-state index is 4.70. The van der Waals surface area contributed by atoms with Gasteiger partial charge in [0.15, 0.2) is 5.65 Å². The molecule has 0 aliphatic heterocycles. The molecule has 0 spiro atoms. The van der Waals surface area contributed by atoms with E-state index < -0.39 is 0 Å². The molecule has 0 saturated heterocycles. The fourth-order valence-electron chi connectivity index (χ4n) is 4.12. The summed E-state index contributed by atoms with van der Waals surface area (Å²) in [6.45, 7) is 3.08. The van der Waals surface area contributed by atoms with E-state index in [1.165, 1.54) is 37.7 Å².